The molecule has 4 heteroatoms. The van der Waals surface area contributed by atoms with Crippen molar-refractivity contribution < 1.29 is 9.84 Å². The van der Waals surface area contributed by atoms with E-state index < -0.39 is 0 Å². The molecule has 0 bridgehead atoms. The molecule has 0 radical (unpaired) electrons. The van der Waals surface area contributed by atoms with E-state index in [9.17, 15) is 0 Å². The van der Waals surface area contributed by atoms with Gasteiger partial charge in [-0.15, -0.1) is 0 Å². The minimum absolute atomic E-state index is 0.118. The average molecular weight is 232 g/mol. The van der Waals surface area contributed by atoms with E-state index in [-0.39, 0.29) is 6.61 Å². The van der Waals surface area contributed by atoms with Crippen LogP contribution in [0.5, 0.6) is 5.75 Å². The van der Waals surface area contributed by atoms with Crippen molar-refractivity contribution >= 4 is 15.9 Å². The zero-order valence-corrected chi connectivity index (χ0v) is 8.34. The van der Waals surface area contributed by atoms with Crippen molar-refractivity contribution in [3.05, 3.63) is 22.4 Å². The monoisotopic (exact) mass is 231 g/mol. The summed E-state index contributed by atoms with van der Waals surface area (Å²) < 4.78 is 5.81. The maximum atomic E-state index is 8.74. The molecule has 0 saturated heterocycles. The summed E-state index contributed by atoms with van der Waals surface area (Å²) in [6, 6.07) is 1.84. The molecule has 0 amide bonds. The summed E-state index contributed by atoms with van der Waals surface area (Å²) in [5, 5.41) is 8.74. The number of aliphatic hydroxyl groups is 1. The van der Waals surface area contributed by atoms with Crippen LogP contribution in [0.15, 0.2) is 16.9 Å². The van der Waals surface area contributed by atoms with Crippen LogP contribution in [0.4, 0.5) is 0 Å². The van der Waals surface area contributed by atoms with Gasteiger partial charge in [0.25, 0.3) is 0 Å². The Balaban J connectivity index is 2.95. The maximum Gasteiger partial charge on any atom is 0.140 e. The van der Waals surface area contributed by atoms with Gasteiger partial charge in [0, 0.05) is 12.2 Å². The molecule has 0 spiro atoms. The van der Waals surface area contributed by atoms with Crippen LogP contribution in [0.25, 0.3) is 0 Å². The SMILES string of the molecule is COc1cnc(Br)cc1CCO. The summed E-state index contributed by atoms with van der Waals surface area (Å²) in [6.45, 7) is 0.118. The largest absolute Gasteiger partial charge is 0.495 e. The van der Waals surface area contributed by atoms with Crippen molar-refractivity contribution in [2.45, 2.75) is 6.42 Å². The predicted octanol–water partition coefficient (Wildman–Crippen LogP) is 1.39. The van der Waals surface area contributed by atoms with Gasteiger partial charge >= 0.3 is 0 Å². The molecule has 0 atom stereocenters. The van der Waals surface area contributed by atoms with Crippen molar-refractivity contribution in [3.8, 4) is 5.75 Å². The van der Waals surface area contributed by atoms with Crippen LogP contribution in [0.3, 0.4) is 0 Å². The number of nitrogens with zero attached hydrogens (tertiary/aromatic N) is 1. The molecule has 0 saturated carbocycles. The highest BCUT2D eigenvalue weighted by molar-refractivity contribution is 9.10. The van der Waals surface area contributed by atoms with E-state index in [4.69, 9.17) is 9.84 Å². The number of halogens is 1. The third kappa shape index (κ3) is 2.19. The second kappa shape index (κ2) is 4.42. The Bertz CT molecular complexity index is 265. The van der Waals surface area contributed by atoms with E-state index in [1.807, 2.05) is 6.07 Å². The zero-order valence-electron chi connectivity index (χ0n) is 6.75. The van der Waals surface area contributed by atoms with E-state index >= 15 is 0 Å². The second-order valence-electron chi connectivity index (χ2n) is 2.29. The van der Waals surface area contributed by atoms with Crippen LogP contribution in [-0.2, 0) is 6.42 Å². The van der Waals surface area contributed by atoms with Crippen LogP contribution < -0.4 is 4.74 Å². The quantitative estimate of drug-likeness (QED) is 0.800. The highest BCUT2D eigenvalue weighted by Gasteiger charge is 2.02. The fourth-order valence-electron chi connectivity index (χ4n) is 0.955. The standard InChI is InChI=1S/C8H10BrNO2/c1-12-7-5-10-8(9)4-6(7)2-3-11/h4-5,11H,2-3H2,1H3. The lowest BCUT2D eigenvalue weighted by Crippen LogP contribution is -1.96. The third-order valence-electron chi connectivity index (χ3n) is 1.52. The average Bonchev–Trinajstić information content (AvgIpc) is 2.05. The van der Waals surface area contributed by atoms with Crippen molar-refractivity contribution in [1.82, 2.24) is 4.98 Å². The first kappa shape index (κ1) is 9.48. The first-order chi connectivity index (χ1) is 5.77. The molecule has 1 rings (SSSR count). The molecule has 0 fully saturated rings. The summed E-state index contributed by atoms with van der Waals surface area (Å²) in [4.78, 5) is 4.00. The normalized spacial score (nSPS) is 9.92. The van der Waals surface area contributed by atoms with E-state index in [0.29, 0.717) is 12.2 Å². The van der Waals surface area contributed by atoms with Crippen LogP contribution in [0, 0.1) is 0 Å². The summed E-state index contributed by atoms with van der Waals surface area (Å²) in [5.41, 5.74) is 0.960. The lowest BCUT2D eigenvalue weighted by molar-refractivity contribution is 0.296. The molecular formula is C8H10BrNO2. The fourth-order valence-corrected chi connectivity index (χ4v) is 1.33. The topological polar surface area (TPSA) is 42.4 Å². The Hall–Kier alpha value is -0.610. The first-order valence-electron chi connectivity index (χ1n) is 3.57. The van der Waals surface area contributed by atoms with Gasteiger partial charge in [0.2, 0.25) is 0 Å². The van der Waals surface area contributed by atoms with E-state index in [0.717, 1.165) is 10.2 Å². The van der Waals surface area contributed by atoms with Crippen molar-refractivity contribution in [2.24, 2.45) is 0 Å². The highest BCUT2D eigenvalue weighted by atomic mass is 79.9. The molecule has 3 nitrogen and oxygen atoms in total. The molecule has 0 aliphatic carbocycles. The summed E-state index contributed by atoms with van der Waals surface area (Å²) in [7, 11) is 1.59. The van der Waals surface area contributed by atoms with Gasteiger partial charge in [0.05, 0.1) is 13.3 Å². The molecule has 0 aliphatic heterocycles. The minimum atomic E-state index is 0.118. The van der Waals surface area contributed by atoms with Gasteiger partial charge < -0.3 is 9.84 Å². The summed E-state index contributed by atoms with van der Waals surface area (Å²) in [5.74, 6) is 0.715. The Morgan fingerprint density at radius 2 is 2.42 bits per heavy atom. The van der Waals surface area contributed by atoms with Gasteiger partial charge in [0.1, 0.15) is 10.4 Å². The fraction of sp³-hybridized carbons (Fsp3) is 0.375. The molecule has 1 aromatic heterocycles. The molecule has 0 aliphatic rings. The highest BCUT2D eigenvalue weighted by Crippen LogP contribution is 2.20. The Labute approximate surface area is 79.5 Å². The number of methoxy groups -OCH3 is 1. The van der Waals surface area contributed by atoms with E-state index in [1.54, 1.807) is 13.3 Å². The first-order valence-corrected chi connectivity index (χ1v) is 4.36. The second-order valence-corrected chi connectivity index (χ2v) is 3.10. The lowest BCUT2D eigenvalue weighted by Gasteiger charge is -2.05. The molecular weight excluding hydrogens is 222 g/mol. The molecule has 0 unspecified atom stereocenters. The Morgan fingerprint density at radius 3 is 3.00 bits per heavy atom. The van der Waals surface area contributed by atoms with Gasteiger partial charge in [-0.2, -0.15) is 0 Å². The molecule has 66 valence electrons. The molecule has 0 aromatic carbocycles. The van der Waals surface area contributed by atoms with E-state index in [1.165, 1.54) is 0 Å². The van der Waals surface area contributed by atoms with Crippen molar-refractivity contribution in [1.29, 1.82) is 0 Å². The van der Waals surface area contributed by atoms with Gasteiger partial charge in [-0.3, -0.25) is 0 Å². The molecule has 1 N–H and O–H groups in total. The van der Waals surface area contributed by atoms with Crippen LogP contribution in [0.2, 0.25) is 0 Å². The van der Waals surface area contributed by atoms with Crippen molar-refractivity contribution in [3.63, 3.8) is 0 Å². The molecule has 1 aromatic rings. The van der Waals surface area contributed by atoms with Crippen LogP contribution in [0.1, 0.15) is 5.56 Å². The molecule has 1 heterocycles. The number of aromatic nitrogens is 1. The molecule has 12 heavy (non-hydrogen) atoms. The number of hydrogen-bond donors (Lipinski definition) is 1. The van der Waals surface area contributed by atoms with Gasteiger partial charge in [0.15, 0.2) is 0 Å². The Kier molecular flexibility index (Phi) is 3.49. The van der Waals surface area contributed by atoms with Gasteiger partial charge in [-0.1, -0.05) is 0 Å². The maximum absolute atomic E-state index is 8.74. The zero-order chi connectivity index (χ0) is 8.97. The summed E-state index contributed by atoms with van der Waals surface area (Å²) >= 11 is 3.25. The van der Waals surface area contributed by atoms with E-state index in [2.05, 4.69) is 20.9 Å². The van der Waals surface area contributed by atoms with Crippen LogP contribution >= 0.6 is 15.9 Å². The Morgan fingerprint density at radius 1 is 1.67 bits per heavy atom. The minimum Gasteiger partial charge on any atom is -0.495 e. The lowest BCUT2D eigenvalue weighted by atomic mass is 10.2. The number of aliphatic hydroxyl groups excluding tert-OH is 1. The number of ether oxygens (including phenoxy) is 1. The number of pyridine rings is 1. The predicted molar refractivity (Wildman–Crippen MR) is 49.3 cm³/mol. The number of rotatable bonds is 3. The van der Waals surface area contributed by atoms with Crippen LogP contribution in [-0.4, -0.2) is 23.8 Å². The van der Waals surface area contributed by atoms with Crippen molar-refractivity contribution in [2.75, 3.05) is 13.7 Å². The smallest absolute Gasteiger partial charge is 0.140 e. The number of hydrogen-bond acceptors (Lipinski definition) is 3. The van der Waals surface area contributed by atoms with Gasteiger partial charge in [-0.05, 0) is 28.4 Å². The third-order valence-corrected chi connectivity index (χ3v) is 1.95. The summed E-state index contributed by atoms with van der Waals surface area (Å²) in [6.07, 6.45) is 2.22. The van der Waals surface area contributed by atoms with Gasteiger partial charge in [-0.25, -0.2) is 4.98 Å².